The van der Waals surface area contributed by atoms with Gasteiger partial charge in [0.1, 0.15) is 23.8 Å². The molecule has 27 heavy (non-hydrogen) atoms. The second kappa shape index (κ2) is 6.44. The number of nitrogens with zero attached hydrogens (tertiary/aromatic N) is 8. The second-order valence-corrected chi connectivity index (χ2v) is 8.11. The molecule has 4 rings (SSSR count). The fourth-order valence-electron chi connectivity index (χ4n) is 3.40. The summed E-state index contributed by atoms with van der Waals surface area (Å²) in [4.78, 5) is 22.6. The molecule has 0 aliphatic carbocycles. The molecule has 8 heteroatoms. The van der Waals surface area contributed by atoms with Crippen molar-refractivity contribution >= 4 is 17.4 Å². The van der Waals surface area contributed by atoms with Crippen molar-refractivity contribution in [1.82, 2.24) is 29.5 Å². The van der Waals surface area contributed by atoms with Crippen LogP contribution in [0.3, 0.4) is 0 Å². The summed E-state index contributed by atoms with van der Waals surface area (Å²) in [6.07, 6.45) is 1.55. The first kappa shape index (κ1) is 17.6. The lowest BCUT2D eigenvalue weighted by molar-refractivity contribution is 0.561. The zero-order valence-corrected chi connectivity index (χ0v) is 16.6. The average molecular weight is 366 g/mol. The first-order chi connectivity index (χ1) is 12.8. The number of anilines is 2. The van der Waals surface area contributed by atoms with Crippen molar-refractivity contribution in [2.24, 2.45) is 0 Å². The van der Waals surface area contributed by atoms with Crippen LogP contribution in [0, 0.1) is 13.8 Å². The highest BCUT2D eigenvalue weighted by Gasteiger charge is 2.23. The van der Waals surface area contributed by atoms with Crippen molar-refractivity contribution in [2.45, 2.75) is 40.0 Å². The van der Waals surface area contributed by atoms with Gasteiger partial charge in [0.05, 0.1) is 5.69 Å². The van der Waals surface area contributed by atoms with E-state index in [0.717, 1.165) is 55.0 Å². The van der Waals surface area contributed by atoms with Crippen molar-refractivity contribution in [2.75, 3.05) is 36.0 Å². The Labute approximate surface area is 159 Å². The van der Waals surface area contributed by atoms with Gasteiger partial charge in [0.25, 0.3) is 5.78 Å². The molecule has 0 aromatic carbocycles. The molecule has 0 unspecified atom stereocenters. The zero-order valence-electron chi connectivity index (χ0n) is 16.6. The third-order valence-corrected chi connectivity index (χ3v) is 4.88. The van der Waals surface area contributed by atoms with Crippen LogP contribution in [0.25, 0.3) is 5.78 Å². The third kappa shape index (κ3) is 3.43. The molecule has 0 saturated carbocycles. The van der Waals surface area contributed by atoms with Crippen LogP contribution in [-0.2, 0) is 5.41 Å². The Hall–Kier alpha value is -2.77. The van der Waals surface area contributed by atoms with Gasteiger partial charge in [0.15, 0.2) is 0 Å². The zero-order chi connectivity index (χ0) is 19.2. The molecule has 1 aliphatic rings. The molecule has 0 N–H and O–H groups in total. The van der Waals surface area contributed by atoms with E-state index in [2.05, 4.69) is 67.7 Å². The van der Waals surface area contributed by atoms with Crippen LogP contribution in [0.2, 0.25) is 0 Å². The molecule has 1 saturated heterocycles. The molecular formula is C19H26N8. The van der Waals surface area contributed by atoms with E-state index < -0.39 is 0 Å². The van der Waals surface area contributed by atoms with Crippen LogP contribution < -0.4 is 9.80 Å². The Morgan fingerprint density at radius 3 is 2.30 bits per heavy atom. The quantitative estimate of drug-likeness (QED) is 0.688. The number of rotatable bonds is 2. The molecule has 3 aromatic heterocycles. The topological polar surface area (TPSA) is 75.3 Å². The van der Waals surface area contributed by atoms with Gasteiger partial charge in [0.2, 0.25) is 0 Å². The van der Waals surface area contributed by atoms with Gasteiger partial charge in [-0.1, -0.05) is 20.8 Å². The summed E-state index contributed by atoms with van der Waals surface area (Å²) in [6, 6.07) is 4.21. The maximum absolute atomic E-state index is 4.68. The summed E-state index contributed by atoms with van der Waals surface area (Å²) in [6.45, 7) is 14.1. The maximum Gasteiger partial charge on any atom is 0.254 e. The Morgan fingerprint density at radius 2 is 1.59 bits per heavy atom. The summed E-state index contributed by atoms with van der Waals surface area (Å²) in [5, 5.41) is 4.33. The molecule has 0 bridgehead atoms. The van der Waals surface area contributed by atoms with Gasteiger partial charge in [-0.3, -0.25) is 0 Å². The highest BCUT2D eigenvalue weighted by Crippen LogP contribution is 2.25. The molecule has 4 heterocycles. The lowest BCUT2D eigenvalue weighted by Gasteiger charge is -2.37. The van der Waals surface area contributed by atoms with Crippen molar-refractivity contribution < 1.29 is 0 Å². The molecule has 0 amide bonds. The Kier molecular flexibility index (Phi) is 4.20. The number of aryl methyl sites for hydroxylation is 2. The molecule has 0 radical (unpaired) electrons. The van der Waals surface area contributed by atoms with Gasteiger partial charge >= 0.3 is 0 Å². The van der Waals surface area contributed by atoms with Crippen LogP contribution in [0.15, 0.2) is 18.5 Å². The fourth-order valence-corrected chi connectivity index (χ4v) is 3.40. The van der Waals surface area contributed by atoms with Crippen LogP contribution in [0.5, 0.6) is 0 Å². The first-order valence-electron chi connectivity index (χ1n) is 9.35. The van der Waals surface area contributed by atoms with Crippen LogP contribution >= 0.6 is 0 Å². The van der Waals surface area contributed by atoms with Gasteiger partial charge in [0, 0.05) is 49.4 Å². The molecule has 1 fully saturated rings. The Morgan fingerprint density at radius 1 is 0.889 bits per heavy atom. The average Bonchev–Trinajstić information content (AvgIpc) is 3.08. The normalized spacial score (nSPS) is 15.6. The van der Waals surface area contributed by atoms with Crippen molar-refractivity contribution in [1.29, 1.82) is 0 Å². The standard InChI is InChI=1S/C19H26N8/c1-13-10-17(27-18(22-13)20-12-21-27)26-8-6-25(7-9-26)16-11-15(19(3,4)5)23-14(2)24-16/h10-12H,6-9H2,1-5H3. The highest BCUT2D eigenvalue weighted by molar-refractivity contribution is 5.50. The summed E-state index contributed by atoms with van der Waals surface area (Å²) >= 11 is 0. The van der Waals surface area contributed by atoms with E-state index in [9.17, 15) is 0 Å². The van der Waals surface area contributed by atoms with Gasteiger partial charge in [-0.15, -0.1) is 0 Å². The molecule has 142 valence electrons. The number of hydrogen-bond acceptors (Lipinski definition) is 7. The lowest BCUT2D eigenvalue weighted by Crippen LogP contribution is -2.47. The Balaban J connectivity index is 1.56. The van der Waals surface area contributed by atoms with Crippen LogP contribution in [0.1, 0.15) is 38.0 Å². The number of piperazine rings is 1. The molecule has 3 aromatic rings. The van der Waals surface area contributed by atoms with E-state index in [4.69, 9.17) is 0 Å². The fraction of sp³-hybridized carbons (Fsp3) is 0.526. The molecule has 0 spiro atoms. The summed E-state index contributed by atoms with van der Waals surface area (Å²) in [5.74, 6) is 3.54. The smallest absolute Gasteiger partial charge is 0.254 e. The van der Waals surface area contributed by atoms with Crippen molar-refractivity contribution in [3.8, 4) is 0 Å². The molecule has 8 nitrogen and oxygen atoms in total. The van der Waals surface area contributed by atoms with Crippen LogP contribution in [-0.4, -0.2) is 55.7 Å². The van der Waals surface area contributed by atoms with Crippen molar-refractivity contribution in [3.63, 3.8) is 0 Å². The predicted molar refractivity (Wildman–Crippen MR) is 105 cm³/mol. The number of aromatic nitrogens is 6. The minimum Gasteiger partial charge on any atom is -0.353 e. The molecule has 1 aliphatic heterocycles. The van der Waals surface area contributed by atoms with Gasteiger partial charge in [-0.05, 0) is 13.8 Å². The minimum atomic E-state index is 0.0114. The predicted octanol–water partition coefficient (Wildman–Crippen LogP) is 2.16. The van der Waals surface area contributed by atoms with Gasteiger partial charge in [-0.2, -0.15) is 14.6 Å². The monoisotopic (exact) mass is 366 g/mol. The van der Waals surface area contributed by atoms with E-state index in [0.29, 0.717) is 5.78 Å². The third-order valence-electron chi connectivity index (χ3n) is 4.88. The maximum atomic E-state index is 4.68. The van der Waals surface area contributed by atoms with Crippen molar-refractivity contribution in [3.05, 3.63) is 35.7 Å². The second-order valence-electron chi connectivity index (χ2n) is 8.11. The van der Waals surface area contributed by atoms with E-state index >= 15 is 0 Å². The Bertz CT molecular complexity index is 963. The van der Waals surface area contributed by atoms with Gasteiger partial charge in [-0.25, -0.2) is 15.0 Å². The van der Waals surface area contributed by atoms with E-state index in [1.165, 1.54) is 0 Å². The molecular weight excluding hydrogens is 340 g/mol. The van der Waals surface area contributed by atoms with E-state index in [-0.39, 0.29) is 5.41 Å². The largest absolute Gasteiger partial charge is 0.353 e. The summed E-state index contributed by atoms with van der Waals surface area (Å²) in [7, 11) is 0. The van der Waals surface area contributed by atoms with Gasteiger partial charge < -0.3 is 9.80 Å². The lowest BCUT2D eigenvalue weighted by atomic mass is 9.92. The van der Waals surface area contributed by atoms with E-state index in [1.54, 1.807) is 6.33 Å². The number of hydrogen-bond donors (Lipinski definition) is 0. The summed E-state index contributed by atoms with van der Waals surface area (Å²) in [5.41, 5.74) is 2.05. The van der Waals surface area contributed by atoms with E-state index in [1.807, 2.05) is 18.4 Å². The molecule has 0 atom stereocenters. The SMILES string of the molecule is Cc1cc(N2CCN(c3cc(C(C)(C)C)nc(C)n3)CC2)n2ncnc2n1. The first-order valence-corrected chi connectivity index (χ1v) is 9.35. The summed E-state index contributed by atoms with van der Waals surface area (Å²) < 4.78 is 1.81. The number of fused-ring (bicyclic) bond motifs is 1. The van der Waals surface area contributed by atoms with Crippen LogP contribution in [0.4, 0.5) is 11.6 Å². The highest BCUT2D eigenvalue weighted by atomic mass is 15.4. The minimum absolute atomic E-state index is 0.0114.